The van der Waals surface area contributed by atoms with E-state index < -0.39 is 9.84 Å². The number of nitrogen functional groups attached to an aromatic ring is 1. The number of nitrogens with one attached hydrogen (secondary N) is 1. The van der Waals surface area contributed by atoms with Gasteiger partial charge < -0.3 is 15.5 Å². The Morgan fingerprint density at radius 1 is 1.33 bits per heavy atom. The Bertz CT molecular complexity index is 633. The van der Waals surface area contributed by atoms with Gasteiger partial charge in [0, 0.05) is 6.26 Å². The fraction of sp³-hybridized carbons (Fsp3) is 0.167. The number of nitrogens with two attached hydrogens (primary N) is 1. The van der Waals surface area contributed by atoms with E-state index in [0.717, 1.165) is 12.0 Å². The van der Waals surface area contributed by atoms with E-state index in [4.69, 9.17) is 10.2 Å². The first-order chi connectivity index (χ1) is 8.47. The lowest BCUT2D eigenvalue weighted by Crippen LogP contribution is -2.04. The van der Waals surface area contributed by atoms with Crippen molar-refractivity contribution in [2.45, 2.75) is 11.4 Å². The predicted octanol–water partition coefficient (Wildman–Crippen LogP) is 1.88. The number of anilines is 2. The summed E-state index contributed by atoms with van der Waals surface area (Å²) >= 11 is 0. The minimum absolute atomic E-state index is 0.212. The fourth-order valence-electron chi connectivity index (χ4n) is 1.53. The molecule has 0 amide bonds. The summed E-state index contributed by atoms with van der Waals surface area (Å²) in [6, 6.07) is 8.26. The summed E-state index contributed by atoms with van der Waals surface area (Å²) < 4.78 is 27.9. The first-order valence-electron chi connectivity index (χ1n) is 5.32. The molecule has 0 saturated heterocycles. The van der Waals surface area contributed by atoms with Crippen LogP contribution in [-0.2, 0) is 16.4 Å². The van der Waals surface area contributed by atoms with Gasteiger partial charge in [-0.2, -0.15) is 0 Å². The van der Waals surface area contributed by atoms with Crippen molar-refractivity contribution in [3.63, 3.8) is 0 Å². The first kappa shape index (κ1) is 12.5. The Hall–Kier alpha value is -1.95. The number of sulfone groups is 1. The number of hydrogen-bond donors (Lipinski definition) is 2. The minimum atomic E-state index is -3.23. The van der Waals surface area contributed by atoms with Crippen molar-refractivity contribution in [3.05, 3.63) is 42.4 Å². The number of hydrogen-bond acceptors (Lipinski definition) is 5. The Kier molecular flexibility index (Phi) is 3.29. The molecule has 0 atom stereocenters. The van der Waals surface area contributed by atoms with Crippen LogP contribution in [0.25, 0.3) is 0 Å². The second-order valence-corrected chi connectivity index (χ2v) is 5.97. The molecule has 6 heteroatoms. The van der Waals surface area contributed by atoms with E-state index in [0.29, 0.717) is 17.9 Å². The third-order valence-electron chi connectivity index (χ3n) is 2.48. The molecule has 1 aromatic heterocycles. The highest BCUT2D eigenvalue weighted by molar-refractivity contribution is 7.90. The van der Waals surface area contributed by atoms with Crippen molar-refractivity contribution in [1.82, 2.24) is 0 Å². The summed E-state index contributed by atoms with van der Waals surface area (Å²) in [5.41, 5.74) is 6.87. The van der Waals surface area contributed by atoms with Gasteiger partial charge >= 0.3 is 0 Å². The fourth-order valence-corrected chi connectivity index (χ4v) is 2.18. The van der Waals surface area contributed by atoms with E-state index in [1.807, 2.05) is 6.07 Å². The van der Waals surface area contributed by atoms with Crippen molar-refractivity contribution < 1.29 is 12.8 Å². The zero-order valence-corrected chi connectivity index (χ0v) is 10.7. The van der Waals surface area contributed by atoms with Crippen molar-refractivity contribution in [2.75, 3.05) is 17.3 Å². The lowest BCUT2D eigenvalue weighted by atomic mass is 10.2. The SMILES string of the molecule is CS(=O)(=O)c1ccc(NCc2ccco2)c(N)c1. The van der Waals surface area contributed by atoms with Crippen molar-refractivity contribution in [1.29, 1.82) is 0 Å². The van der Waals surface area contributed by atoms with Gasteiger partial charge in [-0.15, -0.1) is 0 Å². The van der Waals surface area contributed by atoms with E-state index >= 15 is 0 Å². The van der Waals surface area contributed by atoms with E-state index in [1.54, 1.807) is 18.4 Å². The van der Waals surface area contributed by atoms with Crippen LogP contribution in [0.1, 0.15) is 5.76 Å². The number of rotatable bonds is 4. The van der Waals surface area contributed by atoms with E-state index in [1.165, 1.54) is 12.1 Å². The molecule has 96 valence electrons. The minimum Gasteiger partial charge on any atom is -0.467 e. The van der Waals surface area contributed by atoms with Gasteiger partial charge in [-0.05, 0) is 30.3 Å². The smallest absolute Gasteiger partial charge is 0.175 e. The summed E-state index contributed by atoms with van der Waals surface area (Å²) in [7, 11) is -3.23. The zero-order valence-electron chi connectivity index (χ0n) is 9.88. The molecule has 2 rings (SSSR count). The molecule has 0 bridgehead atoms. The van der Waals surface area contributed by atoms with Gasteiger partial charge in [0.2, 0.25) is 0 Å². The first-order valence-corrected chi connectivity index (χ1v) is 7.22. The molecule has 3 N–H and O–H groups in total. The average molecular weight is 266 g/mol. The summed E-state index contributed by atoms with van der Waals surface area (Å²) in [6.45, 7) is 0.495. The number of furan rings is 1. The van der Waals surface area contributed by atoms with Crippen LogP contribution >= 0.6 is 0 Å². The van der Waals surface area contributed by atoms with Gasteiger partial charge in [0.05, 0.1) is 29.1 Å². The van der Waals surface area contributed by atoms with Crippen LogP contribution in [0.3, 0.4) is 0 Å². The Labute approximate surface area is 106 Å². The maximum absolute atomic E-state index is 11.4. The lowest BCUT2D eigenvalue weighted by Gasteiger charge is -2.09. The van der Waals surface area contributed by atoms with Crippen LogP contribution in [0.4, 0.5) is 11.4 Å². The van der Waals surface area contributed by atoms with Crippen LogP contribution in [0.2, 0.25) is 0 Å². The van der Waals surface area contributed by atoms with Gasteiger partial charge in [0.25, 0.3) is 0 Å². The summed E-state index contributed by atoms with van der Waals surface area (Å²) in [4.78, 5) is 0.212. The maximum atomic E-state index is 11.4. The highest BCUT2D eigenvalue weighted by Gasteiger charge is 2.09. The lowest BCUT2D eigenvalue weighted by molar-refractivity contribution is 0.518. The summed E-state index contributed by atoms with van der Waals surface area (Å²) in [5, 5.41) is 3.08. The van der Waals surface area contributed by atoms with E-state index in [2.05, 4.69) is 5.32 Å². The second-order valence-electron chi connectivity index (χ2n) is 3.95. The van der Waals surface area contributed by atoms with Gasteiger partial charge in [0.1, 0.15) is 5.76 Å². The van der Waals surface area contributed by atoms with Crippen molar-refractivity contribution >= 4 is 21.2 Å². The normalized spacial score (nSPS) is 11.4. The summed E-state index contributed by atoms with van der Waals surface area (Å²) in [5.74, 6) is 0.779. The van der Waals surface area contributed by atoms with Crippen LogP contribution in [0, 0.1) is 0 Å². The molecule has 0 fully saturated rings. The predicted molar refractivity (Wildman–Crippen MR) is 70.0 cm³/mol. The monoisotopic (exact) mass is 266 g/mol. The average Bonchev–Trinajstić information content (AvgIpc) is 2.79. The van der Waals surface area contributed by atoms with Crippen molar-refractivity contribution in [3.8, 4) is 0 Å². The largest absolute Gasteiger partial charge is 0.467 e. The molecule has 18 heavy (non-hydrogen) atoms. The molecule has 1 aromatic carbocycles. The van der Waals surface area contributed by atoms with Gasteiger partial charge in [0.15, 0.2) is 9.84 Å². The van der Waals surface area contributed by atoms with Crippen LogP contribution in [0.15, 0.2) is 45.9 Å². The molecule has 0 aliphatic heterocycles. The molecule has 0 aliphatic rings. The molecule has 0 saturated carbocycles. The molecular weight excluding hydrogens is 252 g/mol. The topological polar surface area (TPSA) is 85.3 Å². The molecule has 1 heterocycles. The molecule has 2 aromatic rings. The van der Waals surface area contributed by atoms with Crippen LogP contribution in [-0.4, -0.2) is 14.7 Å². The Morgan fingerprint density at radius 3 is 2.67 bits per heavy atom. The molecule has 0 spiro atoms. The third kappa shape index (κ3) is 2.84. The quantitative estimate of drug-likeness (QED) is 0.825. The standard InChI is InChI=1S/C12H14N2O3S/c1-18(15,16)10-4-5-12(11(13)7-10)14-8-9-3-2-6-17-9/h2-7,14H,8,13H2,1H3. The Balaban J connectivity index is 2.15. The van der Waals surface area contributed by atoms with E-state index in [9.17, 15) is 8.42 Å². The maximum Gasteiger partial charge on any atom is 0.175 e. The highest BCUT2D eigenvalue weighted by Crippen LogP contribution is 2.23. The van der Waals surface area contributed by atoms with Crippen LogP contribution < -0.4 is 11.1 Å². The second kappa shape index (κ2) is 4.73. The molecular formula is C12H14N2O3S. The highest BCUT2D eigenvalue weighted by atomic mass is 32.2. The number of benzene rings is 1. The third-order valence-corrected chi connectivity index (χ3v) is 3.59. The summed E-state index contributed by atoms with van der Waals surface area (Å²) in [6.07, 6.45) is 2.74. The van der Waals surface area contributed by atoms with Crippen molar-refractivity contribution in [2.24, 2.45) is 0 Å². The van der Waals surface area contributed by atoms with Gasteiger partial charge in [-0.25, -0.2) is 8.42 Å². The molecule has 0 radical (unpaired) electrons. The Morgan fingerprint density at radius 2 is 2.11 bits per heavy atom. The molecule has 0 aliphatic carbocycles. The van der Waals surface area contributed by atoms with Crippen LogP contribution in [0.5, 0.6) is 0 Å². The van der Waals surface area contributed by atoms with Gasteiger partial charge in [-0.3, -0.25) is 0 Å². The molecule has 0 unspecified atom stereocenters. The van der Waals surface area contributed by atoms with E-state index in [-0.39, 0.29) is 4.90 Å². The molecule has 5 nitrogen and oxygen atoms in total. The van der Waals surface area contributed by atoms with Gasteiger partial charge in [-0.1, -0.05) is 0 Å². The zero-order chi connectivity index (χ0) is 13.2.